The molecule has 0 spiro atoms. The molecule has 1 unspecified atom stereocenters. The molecular weight excluding hydrogens is 262 g/mol. The number of fused-ring (bicyclic) bond motifs is 1. The van der Waals surface area contributed by atoms with E-state index >= 15 is 0 Å². The van der Waals surface area contributed by atoms with Crippen LogP contribution in [0.1, 0.15) is 18.9 Å². The summed E-state index contributed by atoms with van der Waals surface area (Å²) in [7, 11) is 0. The minimum atomic E-state index is -0.705. The third-order valence-electron chi connectivity index (χ3n) is 3.83. The molecule has 2 aromatic rings. The smallest absolute Gasteiger partial charge is 0.310 e. The van der Waals surface area contributed by atoms with Crippen molar-refractivity contribution >= 4 is 28.7 Å². The molecule has 0 aliphatic carbocycles. The molecule has 1 fully saturated rings. The van der Waals surface area contributed by atoms with Crippen molar-refractivity contribution in [3.63, 3.8) is 0 Å². The number of nitrogens with zero attached hydrogens (tertiary/aromatic N) is 3. The third kappa shape index (κ3) is 2.21. The first-order valence-electron chi connectivity index (χ1n) is 6.24. The maximum Gasteiger partial charge on any atom is 0.310 e. The molecule has 5 nitrogen and oxygen atoms in total. The first-order valence-corrected chi connectivity index (χ1v) is 6.97. The van der Waals surface area contributed by atoms with E-state index in [1.165, 1.54) is 11.7 Å². The highest BCUT2D eigenvalue weighted by molar-refractivity contribution is 7.00. The highest BCUT2D eigenvalue weighted by Crippen LogP contribution is 2.31. The molecule has 1 aromatic carbocycles. The van der Waals surface area contributed by atoms with Gasteiger partial charge in [-0.15, -0.1) is 0 Å². The summed E-state index contributed by atoms with van der Waals surface area (Å²) in [6.45, 7) is 3.97. The van der Waals surface area contributed by atoms with Gasteiger partial charge in [0.15, 0.2) is 0 Å². The Morgan fingerprint density at radius 2 is 2.37 bits per heavy atom. The van der Waals surface area contributed by atoms with E-state index in [0.717, 1.165) is 29.7 Å². The quantitative estimate of drug-likeness (QED) is 0.929. The Labute approximate surface area is 115 Å². The monoisotopic (exact) mass is 277 g/mol. The van der Waals surface area contributed by atoms with Crippen molar-refractivity contribution in [2.24, 2.45) is 5.41 Å². The lowest BCUT2D eigenvalue weighted by molar-refractivity contribution is -0.147. The summed E-state index contributed by atoms with van der Waals surface area (Å²) in [6, 6.07) is 5.97. The normalized spacial score (nSPS) is 24.1. The van der Waals surface area contributed by atoms with Crippen LogP contribution in [-0.2, 0) is 11.3 Å². The molecule has 1 aliphatic heterocycles. The van der Waals surface area contributed by atoms with Gasteiger partial charge in [0.2, 0.25) is 0 Å². The third-order valence-corrected chi connectivity index (χ3v) is 4.37. The van der Waals surface area contributed by atoms with E-state index in [9.17, 15) is 9.90 Å². The molecule has 19 heavy (non-hydrogen) atoms. The van der Waals surface area contributed by atoms with Gasteiger partial charge in [-0.25, -0.2) is 0 Å². The summed E-state index contributed by atoms with van der Waals surface area (Å²) in [5.74, 6) is -0.705. The maximum atomic E-state index is 11.2. The van der Waals surface area contributed by atoms with Crippen molar-refractivity contribution in [2.75, 3.05) is 13.1 Å². The molecule has 0 bridgehead atoms. The van der Waals surface area contributed by atoms with E-state index in [4.69, 9.17) is 0 Å². The van der Waals surface area contributed by atoms with Gasteiger partial charge in [-0.05, 0) is 31.5 Å². The number of benzene rings is 1. The summed E-state index contributed by atoms with van der Waals surface area (Å²) in [4.78, 5) is 13.4. The van der Waals surface area contributed by atoms with Gasteiger partial charge < -0.3 is 5.11 Å². The van der Waals surface area contributed by atoms with Crippen LogP contribution in [0.15, 0.2) is 18.2 Å². The zero-order valence-corrected chi connectivity index (χ0v) is 11.5. The van der Waals surface area contributed by atoms with Crippen molar-refractivity contribution in [1.82, 2.24) is 13.6 Å². The first-order chi connectivity index (χ1) is 9.08. The van der Waals surface area contributed by atoms with Crippen LogP contribution >= 0.6 is 11.7 Å². The predicted molar refractivity (Wildman–Crippen MR) is 73.1 cm³/mol. The van der Waals surface area contributed by atoms with Gasteiger partial charge in [-0.2, -0.15) is 8.75 Å². The van der Waals surface area contributed by atoms with Gasteiger partial charge in [0.1, 0.15) is 11.0 Å². The molecule has 6 heteroatoms. The topological polar surface area (TPSA) is 66.3 Å². The number of hydrogen-bond donors (Lipinski definition) is 1. The van der Waals surface area contributed by atoms with Crippen LogP contribution in [0, 0.1) is 5.41 Å². The van der Waals surface area contributed by atoms with Crippen molar-refractivity contribution in [3.8, 4) is 0 Å². The fourth-order valence-electron chi connectivity index (χ4n) is 2.60. The van der Waals surface area contributed by atoms with Crippen LogP contribution in [0.5, 0.6) is 0 Å². The van der Waals surface area contributed by atoms with Crippen LogP contribution in [0.4, 0.5) is 0 Å². The van der Waals surface area contributed by atoms with E-state index in [2.05, 4.69) is 13.6 Å². The van der Waals surface area contributed by atoms with E-state index in [0.29, 0.717) is 13.0 Å². The standard InChI is InChI=1S/C13H15N3O2S/c1-13(12(17)18)5-6-16(8-13)7-9-3-2-4-10-11(9)15-19-14-10/h2-4H,5-8H2,1H3,(H,17,18). The number of hydrogen-bond acceptors (Lipinski definition) is 5. The lowest BCUT2D eigenvalue weighted by atomic mass is 9.90. The lowest BCUT2D eigenvalue weighted by Gasteiger charge is -2.20. The summed E-state index contributed by atoms with van der Waals surface area (Å²) < 4.78 is 8.55. The molecule has 0 radical (unpaired) electrons. The Morgan fingerprint density at radius 1 is 1.53 bits per heavy atom. The molecule has 1 N–H and O–H groups in total. The van der Waals surface area contributed by atoms with Gasteiger partial charge in [0.05, 0.1) is 17.1 Å². The average molecular weight is 277 g/mol. The molecule has 1 aromatic heterocycles. The Hall–Kier alpha value is -1.53. The van der Waals surface area contributed by atoms with Gasteiger partial charge in [-0.3, -0.25) is 9.69 Å². The van der Waals surface area contributed by atoms with Crippen LogP contribution in [-0.4, -0.2) is 37.8 Å². The number of carboxylic acid groups (broad SMARTS) is 1. The summed E-state index contributed by atoms with van der Waals surface area (Å²) in [5, 5.41) is 9.25. The Balaban J connectivity index is 1.80. The molecule has 2 heterocycles. The summed E-state index contributed by atoms with van der Waals surface area (Å²) in [6.07, 6.45) is 0.702. The van der Waals surface area contributed by atoms with Crippen LogP contribution in [0.3, 0.4) is 0 Å². The number of likely N-dealkylation sites (tertiary alicyclic amines) is 1. The fourth-order valence-corrected chi connectivity index (χ4v) is 3.17. The number of carboxylic acids is 1. The van der Waals surface area contributed by atoms with Gasteiger partial charge in [0.25, 0.3) is 0 Å². The van der Waals surface area contributed by atoms with Crippen molar-refractivity contribution in [2.45, 2.75) is 19.9 Å². The molecule has 1 aliphatic rings. The van der Waals surface area contributed by atoms with Gasteiger partial charge in [0, 0.05) is 13.1 Å². The van der Waals surface area contributed by atoms with Crippen molar-refractivity contribution in [1.29, 1.82) is 0 Å². The van der Waals surface area contributed by atoms with Crippen LogP contribution < -0.4 is 0 Å². The van der Waals surface area contributed by atoms with E-state index < -0.39 is 11.4 Å². The maximum absolute atomic E-state index is 11.2. The zero-order valence-electron chi connectivity index (χ0n) is 10.7. The Bertz CT molecular complexity index is 627. The van der Waals surface area contributed by atoms with E-state index in [-0.39, 0.29) is 0 Å². The average Bonchev–Trinajstić information content (AvgIpc) is 2.97. The van der Waals surface area contributed by atoms with Crippen molar-refractivity contribution in [3.05, 3.63) is 23.8 Å². The predicted octanol–water partition coefficient (Wildman–Crippen LogP) is 1.99. The molecule has 100 valence electrons. The first kappa shape index (κ1) is 12.5. The van der Waals surface area contributed by atoms with Gasteiger partial charge >= 0.3 is 5.97 Å². The SMILES string of the molecule is CC1(C(=O)O)CCN(Cc2cccc3nsnc23)C1. The van der Waals surface area contributed by atoms with E-state index in [1.54, 1.807) is 0 Å². The number of rotatable bonds is 3. The Kier molecular flexibility index (Phi) is 2.99. The zero-order chi connectivity index (χ0) is 13.5. The number of aromatic nitrogens is 2. The number of carbonyl (C=O) groups is 1. The molecule has 0 amide bonds. The molecular formula is C13H15N3O2S. The van der Waals surface area contributed by atoms with Crippen molar-refractivity contribution < 1.29 is 9.90 Å². The minimum Gasteiger partial charge on any atom is -0.481 e. The second-order valence-electron chi connectivity index (χ2n) is 5.38. The lowest BCUT2D eigenvalue weighted by Crippen LogP contribution is -2.31. The highest BCUT2D eigenvalue weighted by Gasteiger charge is 2.40. The second kappa shape index (κ2) is 4.54. The Morgan fingerprint density at radius 3 is 3.11 bits per heavy atom. The summed E-state index contributed by atoms with van der Waals surface area (Å²) in [5.41, 5.74) is 2.37. The summed E-state index contributed by atoms with van der Waals surface area (Å²) >= 11 is 1.22. The molecule has 1 saturated heterocycles. The second-order valence-corrected chi connectivity index (χ2v) is 5.90. The largest absolute Gasteiger partial charge is 0.481 e. The minimum absolute atomic E-state index is 0.594. The van der Waals surface area contributed by atoms with Crippen LogP contribution in [0.2, 0.25) is 0 Å². The van der Waals surface area contributed by atoms with Crippen LogP contribution in [0.25, 0.3) is 11.0 Å². The number of aliphatic carboxylic acids is 1. The van der Waals surface area contributed by atoms with E-state index in [1.807, 2.05) is 25.1 Å². The molecule has 0 saturated carbocycles. The van der Waals surface area contributed by atoms with Gasteiger partial charge in [-0.1, -0.05) is 12.1 Å². The molecule has 1 atom stereocenters. The fraction of sp³-hybridized carbons (Fsp3) is 0.462. The highest BCUT2D eigenvalue weighted by atomic mass is 32.1. The molecule has 3 rings (SSSR count).